The van der Waals surface area contributed by atoms with Crippen LogP contribution in [-0.4, -0.2) is 34.1 Å². The molecule has 1 heterocycles. The Morgan fingerprint density at radius 1 is 0.791 bits per heavy atom. The fourth-order valence-corrected chi connectivity index (χ4v) is 6.84. The number of fused-ring (bicyclic) bond motifs is 1. The molecular formula is C40H54O3. The molecule has 0 spiro atoms. The van der Waals surface area contributed by atoms with Gasteiger partial charge in [0.05, 0.1) is 23.9 Å². The van der Waals surface area contributed by atoms with E-state index in [1.807, 2.05) is 19.1 Å². The van der Waals surface area contributed by atoms with Gasteiger partial charge in [-0.15, -0.1) is 0 Å². The summed E-state index contributed by atoms with van der Waals surface area (Å²) in [5, 5.41) is 20.5. The first-order chi connectivity index (χ1) is 20.0. The van der Waals surface area contributed by atoms with Crippen molar-refractivity contribution in [3.8, 4) is 11.8 Å². The van der Waals surface area contributed by atoms with Gasteiger partial charge in [-0.1, -0.05) is 117 Å². The lowest BCUT2D eigenvalue weighted by molar-refractivity contribution is -0.0683. The van der Waals surface area contributed by atoms with E-state index in [-0.39, 0.29) is 34.7 Å². The van der Waals surface area contributed by atoms with Crippen molar-refractivity contribution in [1.82, 2.24) is 0 Å². The molecule has 3 aliphatic rings. The summed E-state index contributed by atoms with van der Waals surface area (Å²) >= 11 is 0. The molecule has 3 heteroatoms. The van der Waals surface area contributed by atoms with E-state index in [0.29, 0.717) is 6.42 Å². The molecule has 0 aromatic heterocycles. The fourth-order valence-electron chi connectivity index (χ4n) is 6.84. The molecule has 2 aliphatic carbocycles. The van der Waals surface area contributed by atoms with Gasteiger partial charge in [0.15, 0.2) is 0 Å². The lowest BCUT2D eigenvalue weighted by Crippen LogP contribution is -2.45. The number of hydrogen-bond donors (Lipinski definition) is 2. The molecule has 232 valence electrons. The van der Waals surface area contributed by atoms with Crippen molar-refractivity contribution in [2.24, 2.45) is 10.8 Å². The molecule has 1 unspecified atom stereocenters. The molecule has 0 aromatic carbocycles. The Kier molecular flexibility index (Phi) is 11.5. The second-order valence-corrected chi connectivity index (χ2v) is 14.3. The van der Waals surface area contributed by atoms with E-state index in [4.69, 9.17) is 4.74 Å². The number of aliphatic hydroxyl groups excluding tert-OH is 2. The third-order valence-electron chi connectivity index (χ3n) is 8.85. The first-order valence-electron chi connectivity index (χ1n) is 15.7. The SMILES string of the molecule is CC1=C(C#C/C(C)=C/C=C/C(C)=C/C=C/C=C(C)/C=C/C=C(\C)C2C=C3C(C)(C)C[C@H](O)C[C@@]3(C)O2)C(C)(C)C[C@H](O)C1. The van der Waals surface area contributed by atoms with Gasteiger partial charge in [-0.25, -0.2) is 0 Å². The largest absolute Gasteiger partial charge is 0.393 e. The van der Waals surface area contributed by atoms with Gasteiger partial charge in [0.1, 0.15) is 0 Å². The molecule has 1 saturated carbocycles. The summed E-state index contributed by atoms with van der Waals surface area (Å²) in [6.45, 7) is 21.3. The molecule has 0 aromatic rings. The van der Waals surface area contributed by atoms with Gasteiger partial charge in [0.25, 0.3) is 0 Å². The van der Waals surface area contributed by atoms with Crippen molar-refractivity contribution < 1.29 is 14.9 Å². The summed E-state index contributed by atoms with van der Waals surface area (Å²) in [6.07, 6.45) is 25.4. The van der Waals surface area contributed by atoms with Gasteiger partial charge < -0.3 is 14.9 Å². The van der Waals surface area contributed by atoms with Crippen LogP contribution in [0.3, 0.4) is 0 Å². The van der Waals surface area contributed by atoms with Crippen LogP contribution in [-0.2, 0) is 4.74 Å². The molecule has 0 radical (unpaired) electrons. The number of allylic oxidation sites excluding steroid dienone is 14. The summed E-state index contributed by atoms with van der Waals surface area (Å²) in [4.78, 5) is 0. The molecule has 0 amide bonds. The van der Waals surface area contributed by atoms with Crippen molar-refractivity contribution in [2.45, 2.75) is 119 Å². The smallest absolute Gasteiger partial charge is 0.0982 e. The van der Waals surface area contributed by atoms with E-state index in [9.17, 15) is 10.2 Å². The Balaban J connectivity index is 1.53. The third kappa shape index (κ3) is 9.54. The van der Waals surface area contributed by atoms with Crippen LogP contribution in [0.5, 0.6) is 0 Å². The van der Waals surface area contributed by atoms with E-state index < -0.39 is 0 Å². The topological polar surface area (TPSA) is 49.7 Å². The van der Waals surface area contributed by atoms with Gasteiger partial charge >= 0.3 is 0 Å². The lowest BCUT2D eigenvalue weighted by Gasteiger charge is -2.44. The fraction of sp³-hybridized carbons (Fsp3) is 0.500. The highest BCUT2D eigenvalue weighted by molar-refractivity contribution is 5.45. The molecule has 3 rings (SSSR count). The molecule has 0 bridgehead atoms. The Labute approximate surface area is 261 Å². The average molecular weight is 583 g/mol. The second kappa shape index (κ2) is 14.3. The van der Waals surface area contributed by atoms with E-state index in [1.165, 1.54) is 16.7 Å². The average Bonchev–Trinajstić information content (AvgIpc) is 3.23. The molecule has 43 heavy (non-hydrogen) atoms. The molecular weight excluding hydrogens is 528 g/mol. The van der Waals surface area contributed by atoms with Crippen LogP contribution < -0.4 is 0 Å². The zero-order valence-corrected chi connectivity index (χ0v) is 28.2. The van der Waals surface area contributed by atoms with E-state index in [2.05, 4.69) is 129 Å². The summed E-state index contributed by atoms with van der Waals surface area (Å²) < 4.78 is 6.46. The van der Waals surface area contributed by atoms with E-state index in [1.54, 1.807) is 0 Å². The van der Waals surface area contributed by atoms with Crippen LogP contribution in [0.25, 0.3) is 0 Å². The van der Waals surface area contributed by atoms with Crippen LogP contribution in [0.1, 0.15) is 94.9 Å². The number of ether oxygens (including phenoxy) is 1. The first-order valence-corrected chi connectivity index (χ1v) is 15.7. The van der Waals surface area contributed by atoms with Gasteiger partial charge in [-0.05, 0) is 89.0 Å². The highest BCUT2D eigenvalue weighted by atomic mass is 16.5. The van der Waals surface area contributed by atoms with Crippen LogP contribution in [0, 0.1) is 22.7 Å². The number of hydrogen-bond acceptors (Lipinski definition) is 3. The number of aliphatic hydroxyl groups is 2. The highest BCUT2D eigenvalue weighted by Crippen LogP contribution is 2.52. The maximum Gasteiger partial charge on any atom is 0.0982 e. The van der Waals surface area contributed by atoms with Gasteiger partial charge in [-0.3, -0.25) is 0 Å². The molecule has 1 aliphatic heterocycles. The van der Waals surface area contributed by atoms with Gasteiger partial charge in [0, 0.05) is 17.4 Å². The standard InChI is InChI=1S/C40H54O3/c1-28(17-13-18-30(3)21-22-35-32(5)23-33(41)25-38(35,6)7)15-11-12-16-29(2)19-14-20-31(4)36-24-37-39(8,9)26-34(42)27-40(37,10)43-36/h11-20,24,33-34,36,41-42H,23,25-27H2,1-10H3/b12-11+,17-13+,19-14+,28-15+,29-16+,30-18+,31-20+/t33-,34+,36?,40-/m1/s1. The maximum absolute atomic E-state index is 10.4. The van der Waals surface area contributed by atoms with Crippen molar-refractivity contribution in [2.75, 3.05) is 0 Å². The molecule has 1 fully saturated rings. The van der Waals surface area contributed by atoms with Crippen LogP contribution >= 0.6 is 0 Å². The molecule has 3 nitrogen and oxygen atoms in total. The minimum atomic E-state index is -0.384. The van der Waals surface area contributed by atoms with Gasteiger partial charge in [-0.2, -0.15) is 0 Å². The van der Waals surface area contributed by atoms with Gasteiger partial charge in [0.2, 0.25) is 0 Å². The van der Waals surface area contributed by atoms with Crippen molar-refractivity contribution >= 4 is 0 Å². The Bertz CT molecular complexity index is 1390. The van der Waals surface area contributed by atoms with E-state index >= 15 is 0 Å². The zero-order valence-electron chi connectivity index (χ0n) is 28.2. The second-order valence-electron chi connectivity index (χ2n) is 14.3. The summed E-state index contributed by atoms with van der Waals surface area (Å²) in [6, 6.07) is 0. The van der Waals surface area contributed by atoms with Crippen LogP contribution in [0.15, 0.2) is 106 Å². The number of rotatable bonds is 7. The summed E-state index contributed by atoms with van der Waals surface area (Å²) in [5.41, 5.74) is 7.67. The summed E-state index contributed by atoms with van der Waals surface area (Å²) in [7, 11) is 0. The van der Waals surface area contributed by atoms with Crippen molar-refractivity contribution in [3.63, 3.8) is 0 Å². The lowest BCUT2D eigenvalue weighted by atomic mass is 9.65. The predicted octanol–water partition coefficient (Wildman–Crippen LogP) is 9.21. The van der Waals surface area contributed by atoms with Crippen molar-refractivity contribution in [3.05, 3.63) is 106 Å². The van der Waals surface area contributed by atoms with Crippen LogP contribution in [0.2, 0.25) is 0 Å². The molecule has 0 saturated heterocycles. The zero-order chi connectivity index (χ0) is 32.0. The minimum absolute atomic E-state index is 0.0498. The Morgan fingerprint density at radius 2 is 1.37 bits per heavy atom. The van der Waals surface area contributed by atoms with Crippen molar-refractivity contribution in [1.29, 1.82) is 0 Å². The molecule has 2 N–H and O–H groups in total. The minimum Gasteiger partial charge on any atom is -0.393 e. The first kappa shape index (κ1) is 34.6. The monoisotopic (exact) mass is 582 g/mol. The predicted molar refractivity (Wildman–Crippen MR) is 182 cm³/mol. The normalized spacial score (nSPS) is 30.2. The Hall–Kier alpha value is -2.90. The Morgan fingerprint density at radius 3 is 1.98 bits per heavy atom. The van der Waals surface area contributed by atoms with E-state index in [0.717, 1.165) is 41.6 Å². The third-order valence-corrected chi connectivity index (χ3v) is 8.85. The highest BCUT2D eigenvalue weighted by Gasteiger charge is 2.50. The maximum atomic E-state index is 10.4. The molecule has 4 atom stereocenters. The summed E-state index contributed by atoms with van der Waals surface area (Å²) in [5.74, 6) is 6.68. The van der Waals surface area contributed by atoms with Crippen LogP contribution in [0.4, 0.5) is 0 Å². The quantitative estimate of drug-likeness (QED) is 0.179.